The number of nitrogens with zero attached hydrogens (tertiary/aromatic N) is 1. The normalized spacial score (nSPS) is 20.6. The molecule has 0 bridgehead atoms. The van der Waals surface area contributed by atoms with Crippen molar-refractivity contribution in [2.24, 2.45) is 10.9 Å². The van der Waals surface area contributed by atoms with Crippen LogP contribution in [0.25, 0.3) is 0 Å². The summed E-state index contributed by atoms with van der Waals surface area (Å²) in [5.74, 6) is -0.0312. The third-order valence-corrected chi connectivity index (χ3v) is 7.83. The minimum Gasteiger partial charge on any atom is -0.497 e. The first-order chi connectivity index (χ1) is 18.9. The summed E-state index contributed by atoms with van der Waals surface area (Å²) in [5.41, 5.74) is 3.99. The number of carbonyl (C=O) groups is 2. The second kappa shape index (κ2) is 12.0. The van der Waals surface area contributed by atoms with Gasteiger partial charge < -0.3 is 14.2 Å². The number of carbonyl (C=O) groups excluding carboxylic acids is 2. The Labute approximate surface area is 236 Å². The summed E-state index contributed by atoms with van der Waals surface area (Å²) in [7, 11) is 1.63. The van der Waals surface area contributed by atoms with E-state index in [2.05, 4.69) is 15.9 Å². The maximum absolute atomic E-state index is 13.7. The number of benzene rings is 3. The Hall–Kier alpha value is -3.71. The third kappa shape index (κ3) is 5.98. The Bertz CT molecular complexity index is 1400. The Morgan fingerprint density at radius 3 is 2.28 bits per heavy atom. The summed E-state index contributed by atoms with van der Waals surface area (Å²) >= 11 is 3.49. The number of halogens is 1. The number of aliphatic imine (C=N–C) groups is 1. The molecule has 0 saturated heterocycles. The lowest BCUT2D eigenvalue weighted by Gasteiger charge is -2.36. The lowest BCUT2D eigenvalue weighted by Crippen LogP contribution is -2.38. The van der Waals surface area contributed by atoms with Crippen LogP contribution < -0.4 is 9.47 Å². The number of esters is 1. The van der Waals surface area contributed by atoms with E-state index in [1.165, 1.54) is 0 Å². The van der Waals surface area contributed by atoms with E-state index >= 15 is 0 Å². The molecule has 0 saturated carbocycles. The molecule has 5 rings (SSSR count). The lowest BCUT2D eigenvalue weighted by molar-refractivity contribution is -0.147. The van der Waals surface area contributed by atoms with Crippen molar-refractivity contribution in [3.8, 4) is 11.5 Å². The van der Waals surface area contributed by atoms with Gasteiger partial charge in [-0.1, -0.05) is 58.4 Å². The zero-order chi connectivity index (χ0) is 27.4. The SMILES string of the molecule is COc1ccc([C@@H]2CC(=O)C3=C(C2)N=C(C)C(C(=O)OCCOc2ccccc2)[C@H]3c2ccc(Br)cc2)cc1. The van der Waals surface area contributed by atoms with Gasteiger partial charge in [-0.2, -0.15) is 0 Å². The second-order valence-corrected chi connectivity index (χ2v) is 10.7. The molecule has 1 aliphatic heterocycles. The average molecular weight is 588 g/mol. The largest absolute Gasteiger partial charge is 0.497 e. The van der Waals surface area contributed by atoms with Crippen LogP contribution in [0.4, 0.5) is 0 Å². The van der Waals surface area contributed by atoms with Crippen LogP contribution in [0.3, 0.4) is 0 Å². The summed E-state index contributed by atoms with van der Waals surface area (Å²) in [6, 6.07) is 25.0. The summed E-state index contributed by atoms with van der Waals surface area (Å²) < 4.78 is 17.6. The smallest absolute Gasteiger partial charge is 0.315 e. The molecule has 0 amide bonds. The van der Waals surface area contributed by atoms with Gasteiger partial charge in [-0.15, -0.1) is 0 Å². The van der Waals surface area contributed by atoms with Gasteiger partial charge in [0.05, 0.1) is 7.11 Å². The van der Waals surface area contributed by atoms with Gasteiger partial charge in [-0.05, 0) is 66.8 Å². The van der Waals surface area contributed by atoms with Crippen molar-refractivity contribution in [1.82, 2.24) is 0 Å². The van der Waals surface area contributed by atoms with Gasteiger partial charge in [0.15, 0.2) is 5.78 Å². The number of rotatable bonds is 8. The highest BCUT2D eigenvalue weighted by molar-refractivity contribution is 9.10. The van der Waals surface area contributed by atoms with E-state index in [-0.39, 0.29) is 24.9 Å². The van der Waals surface area contributed by atoms with Crippen LogP contribution in [0.2, 0.25) is 0 Å². The quantitative estimate of drug-likeness (QED) is 0.218. The van der Waals surface area contributed by atoms with Crippen molar-refractivity contribution in [3.63, 3.8) is 0 Å². The second-order valence-electron chi connectivity index (χ2n) is 9.75. The van der Waals surface area contributed by atoms with E-state index in [9.17, 15) is 9.59 Å². The van der Waals surface area contributed by atoms with Crippen molar-refractivity contribution >= 4 is 33.4 Å². The van der Waals surface area contributed by atoms with Gasteiger partial charge in [-0.3, -0.25) is 14.6 Å². The van der Waals surface area contributed by atoms with Crippen LogP contribution in [0.1, 0.15) is 42.7 Å². The Morgan fingerprint density at radius 1 is 0.897 bits per heavy atom. The van der Waals surface area contributed by atoms with Crippen LogP contribution in [0.5, 0.6) is 11.5 Å². The van der Waals surface area contributed by atoms with E-state index in [0.717, 1.165) is 27.0 Å². The minimum absolute atomic E-state index is 0.0166. The molecular weight excluding hydrogens is 558 g/mol. The fourth-order valence-electron chi connectivity index (χ4n) is 5.42. The van der Waals surface area contributed by atoms with E-state index < -0.39 is 17.8 Å². The molecule has 0 aromatic heterocycles. The number of allylic oxidation sites excluding steroid dienone is 2. The average Bonchev–Trinajstić information content (AvgIpc) is 2.95. The number of para-hydroxylation sites is 1. The monoisotopic (exact) mass is 587 g/mol. The van der Waals surface area contributed by atoms with Crippen LogP contribution in [-0.2, 0) is 14.3 Å². The number of hydrogen-bond acceptors (Lipinski definition) is 6. The molecule has 0 spiro atoms. The Morgan fingerprint density at radius 2 is 1.59 bits per heavy atom. The highest BCUT2D eigenvalue weighted by Crippen LogP contribution is 2.47. The fraction of sp³-hybridized carbons (Fsp3) is 0.281. The summed E-state index contributed by atoms with van der Waals surface area (Å²) in [6.45, 7) is 2.19. The maximum atomic E-state index is 13.7. The van der Waals surface area contributed by atoms with Crippen molar-refractivity contribution < 1.29 is 23.8 Å². The Balaban J connectivity index is 1.40. The van der Waals surface area contributed by atoms with Crippen molar-refractivity contribution in [3.05, 3.63) is 106 Å². The van der Waals surface area contributed by atoms with E-state index in [1.807, 2.05) is 85.8 Å². The number of methoxy groups -OCH3 is 1. The van der Waals surface area contributed by atoms with Gasteiger partial charge in [0.25, 0.3) is 0 Å². The highest BCUT2D eigenvalue weighted by atomic mass is 79.9. The summed E-state index contributed by atoms with van der Waals surface area (Å²) in [4.78, 5) is 32.1. The first kappa shape index (κ1) is 26.9. The van der Waals surface area contributed by atoms with Crippen LogP contribution in [0, 0.1) is 5.92 Å². The van der Waals surface area contributed by atoms with Gasteiger partial charge >= 0.3 is 5.97 Å². The molecule has 39 heavy (non-hydrogen) atoms. The van der Waals surface area contributed by atoms with Gasteiger partial charge in [0, 0.05) is 33.8 Å². The van der Waals surface area contributed by atoms with E-state index in [4.69, 9.17) is 19.2 Å². The molecule has 1 unspecified atom stereocenters. The van der Waals surface area contributed by atoms with Crippen molar-refractivity contribution in [2.45, 2.75) is 31.6 Å². The molecule has 3 aromatic carbocycles. The molecule has 0 fully saturated rings. The molecule has 3 atom stereocenters. The number of Topliss-reactive ketones (excluding diaryl/α,β-unsaturated/α-hetero) is 1. The van der Waals surface area contributed by atoms with Crippen molar-refractivity contribution in [2.75, 3.05) is 20.3 Å². The predicted octanol–water partition coefficient (Wildman–Crippen LogP) is 6.66. The fourth-order valence-corrected chi connectivity index (χ4v) is 5.68. The van der Waals surface area contributed by atoms with Gasteiger partial charge in [-0.25, -0.2) is 0 Å². The van der Waals surface area contributed by atoms with Crippen LogP contribution in [-0.4, -0.2) is 37.8 Å². The predicted molar refractivity (Wildman–Crippen MR) is 153 cm³/mol. The number of ether oxygens (including phenoxy) is 3. The van der Waals surface area contributed by atoms with Crippen LogP contribution >= 0.6 is 15.9 Å². The molecule has 1 heterocycles. The zero-order valence-electron chi connectivity index (χ0n) is 21.9. The number of ketones is 1. The van der Waals surface area contributed by atoms with Gasteiger partial charge in [0.2, 0.25) is 0 Å². The number of hydrogen-bond donors (Lipinski definition) is 0. The third-order valence-electron chi connectivity index (χ3n) is 7.30. The van der Waals surface area contributed by atoms with Gasteiger partial charge in [0.1, 0.15) is 30.6 Å². The van der Waals surface area contributed by atoms with E-state index in [1.54, 1.807) is 7.11 Å². The molecule has 3 aromatic rings. The Kier molecular flexibility index (Phi) is 8.27. The summed E-state index contributed by atoms with van der Waals surface area (Å²) in [6.07, 6.45) is 0.990. The molecule has 2 aliphatic rings. The van der Waals surface area contributed by atoms with Crippen molar-refractivity contribution in [1.29, 1.82) is 0 Å². The summed E-state index contributed by atoms with van der Waals surface area (Å²) in [5, 5.41) is 0. The topological polar surface area (TPSA) is 74.2 Å². The first-order valence-corrected chi connectivity index (χ1v) is 13.8. The molecule has 0 radical (unpaired) electrons. The molecule has 0 N–H and O–H groups in total. The maximum Gasteiger partial charge on any atom is 0.315 e. The molecule has 200 valence electrons. The molecule has 6 nitrogen and oxygen atoms in total. The highest BCUT2D eigenvalue weighted by Gasteiger charge is 2.44. The van der Waals surface area contributed by atoms with Crippen LogP contribution in [0.15, 0.2) is 99.6 Å². The molecule has 7 heteroatoms. The molecular formula is C32H30BrNO5. The lowest BCUT2D eigenvalue weighted by atomic mass is 9.69. The minimum atomic E-state index is -0.692. The standard InChI is InChI=1S/C32H30BrNO5/c1-20-29(32(36)39-17-16-38-26-6-4-3-5-7-26)30(22-8-12-24(33)13-9-22)31-27(34-20)18-23(19-28(31)35)21-10-14-25(37-2)15-11-21/h3-15,23,29-30H,16-19H2,1-2H3/t23-,29?,30+/m0/s1. The van der Waals surface area contributed by atoms with E-state index in [0.29, 0.717) is 29.9 Å². The molecule has 1 aliphatic carbocycles. The first-order valence-electron chi connectivity index (χ1n) is 13.0. The zero-order valence-corrected chi connectivity index (χ0v) is 23.5.